The molecular formula is C13H22N2O3. The minimum absolute atomic E-state index is 0.108. The van der Waals surface area contributed by atoms with Crippen molar-refractivity contribution in [1.82, 2.24) is 10.2 Å². The number of amides is 1. The molecule has 0 aromatic rings. The van der Waals surface area contributed by atoms with Crippen LogP contribution in [-0.2, 0) is 9.59 Å². The van der Waals surface area contributed by atoms with Gasteiger partial charge in [-0.2, -0.15) is 0 Å². The van der Waals surface area contributed by atoms with Crippen molar-refractivity contribution in [3.8, 4) is 0 Å². The lowest BCUT2D eigenvalue weighted by atomic mass is 9.94. The van der Waals surface area contributed by atoms with Gasteiger partial charge in [0.1, 0.15) is 0 Å². The van der Waals surface area contributed by atoms with Gasteiger partial charge < -0.3 is 10.4 Å². The molecule has 5 heteroatoms. The number of carbonyl (C=O) groups excluding carboxylic acids is 1. The first-order valence-corrected chi connectivity index (χ1v) is 6.91. The highest BCUT2D eigenvalue weighted by Gasteiger charge is 2.32. The highest BCUT2D eigenvalue weighted by molar-refractivity contribution is 5.76. The number of piperidine rings is 1. The number of aliphatic carboxylic acids is 1. The molecule has 102 valence electrons. The minimum atomic E-state index is -0.732. The Labute approximate surface area is 108 Å². The molecule has 0 saturated carbocycles. The number of carboxylic acids is 1. The van der Waals surface area contributed by atoms with Gasteiger partial charge in [-0.1, -0.05) is 6.42 Å². The Balaban J connectivity index is 2.02. The fourth-order valence-electron chi connectivity index (χ4n) is 3.16. The van der Waals surface area contributed by atoms with Crippen molar-refractivity contribution in [1.29, 1.82) is 0 Å². The average Bonchev–Trinajstić information content (AvgIpc) is 2.54. The number of hydrogen-bond acceptors (Lipinski definition) is 3. The van der Waals surface area contributed by atoms with E-state index in [2.05, 4.69) is 10.2 Å². The maximum Gasteiger partial charge on any atom is 0.304 e. The van der Waals surface area contributed by atoms with Crippen LogP contribution in [0.5, 0.6) is 0 Å². The summed E-state index contributed by atoms with van der Waals surface area (Å²) in [6, 6.07) is 0.351. The van der Waals surface area contributed by atoms with E-state index in [-0.39, 0.29) is 24.4 Å². The first-order valence-electron chi connectivity index (χ1n) is 6.91. The monoisotopic (exact) mass is 254 g/mol. The lowest BCUT2D eigenvalue weighted by Crippen LogP contribution is -2.48. The number of rotatable bonds is 3. The Hall–Kier alpha value is -1.10. The average molecular weight is 254 g/mol. The first kappa shape index (κ1) is 13.3. The summed E-state index contributed by atoms with van der Waals surface area (Å²) in [5.41, 5.74) is 0. The molecule has 2 aliphatic heterocycles. The second kappa shape index (κ2) is 6.18. The number of carboxylic acid groups (broad SMARTS) is 1. The van der Waals surface area contributed by atoms with Crippen molar-refractivity contribution in [2.75, 3.05) is 13.1 Å². The van der Waals surface area contributed by atoms with Gasteiger partial charge in [0.2, 0.25) is 5.91 Å². The number of hydrogen-bond donors (Lipinski definition) is 2. The van der Waals surface area contributed by atoms with E-state index in [4.69, 9.17) is 5.11 Å². The summed E-state index contributed by atoms with van der Waals surface area (Å²) < 4.78 is 0. The SMILES string of the molecule is O=C(O)CC1CCCCN1C1CCCNC(=O)C1. The predicted octanol–water partition coefficient (Wildman–Crippen LogP) is 0.984. The topological polar surface area (TPSA) is 69.6 Å². The van der Waals surface area contributed by atoms with E-state index >= 15 is 0 Å². The van der Waals surface area contributed by atoms with Crippen molar-refractivity contribution in [3.63, 3.8) is 0 Å². The Morgan fingerprint density at radius 2 is 2.17 bits per heavy atom. The number of nitrogens with zero attached hydrogens (tertiary/aromatic N) is 1. The van der Waals surface area contributed by atoms with Gasteiger partial charge in [-0.15, -0.1) is 0 Å². The molecule has 5 nitrogen and oxygen atoms in total. The van der Waals surface area contributed by atoms with Crippen LogP contribution in [-0.4, -0.2) is 47.1 Å². The zero-order valence-electron chi connectivity index (χ0n) is 10.7. The molecule has 2 N–H and O–H groups in total. The third-order valence-corrected chi connectivity index (χ3v) is 4.01. The molecule has 2 fully saturated rings. The smallest absolute Gasteiger partial charge is 0.304 e. The van der Waals surface area contributed by atoms with Crippen LogP contribution in [0, 0.1) is 0 Å². The second-order valence-electron chi connectivity index (χ2n) is 5.34. The van der Waals surface area contributed by atoms with Gasteiger partial charge in [0.05, 0.1) is 6.42 Å². The van der Waals surface area contributed by atoms with E-state index in [1.165, 1.54) is 0 Å². The van der Waals surface area contributed by atoms with Crippen molar-refractivity contribution >= 4 is 11.9 Å². The molecular weight excluding hydrogens is 232 g/mol. The van der Waals surface area contributed by atoms with Crippen LogP contribution in [0.4, 0.5) is 0 Å². The van der Waals surface area contributed by atoms with E-state index in [0.717, 1.165) is 45.2 Å². The van der Waals surface area contributed by atoms with E-state index < -0.39 is 5.97 Å². The third-order valence-electron chi connectivity index (χ3n) is 4.01. The molecule has 0 aromatic heterocycles. The van der Waals surface area contributed by atoms with Crippen molar-refractivity contribution in [3.05, 3.63) is 0 Å². The quantitative estimate of drug-likeness (QED) is 0.788. The molecule has 1 amide bonds. The zero-order chi connectivity index (χ0) is 13.0. The lowest BCUT2D eigenvalue weighted by molar-refractivity contribution is -0.139. The van der Waals surface area contributed by atoms with E-state index in [1.54, 1.807) is 0 Å². The van der Waals surface area contributed by atoms with Gasteiger partial charge in [-0.3, -0.25) is 14.5 Å². The van der Waals surface area contributed by atoms with E-state index in [1.807, 2.05) is 0 Å². The molecule has 0 radical (unpaired) electrons. The Kier molecular flexibility index (Phi) is 4.58. The van der Waals surface area contributed by atoms with Crippen LogP contribution in [0.15, 0.2) is 0 Å². The van der Waals surface area contributed by atoms with Gasteiger partial charge in [0, 0.05) is 25.0 Å². The van der Waals surface area contributed by atoms with Gasteiger partial charge in [-0.05, 0) is 32.2 Å². The Bertz CT molecular complexity index is 319. The summed E-state index contributed by atoms with van der Waals surface area (Å²) >= 11 is 0. The Morgan fingerprint density at radius 1 is 1.33 bits per heavy atom. The minimum Gasteiger partial charge on any atom is -0.481 e. The van der Waals surface area contributed by atoms with Gasteiger partial charge in [-0.25, -0.2) is 0 Å². The zero-order valence-corrected chi connectivity index (χ0v) is 10.7. The van der Waals surface area contributed by atoms with Crippen LogP contribution in [0.3, 0.4) is 0 Å². The molecule has 0 aliphatic carbocycles. The molecule has 18 heavy (non-hydrogen) atoms. The molecule has 2 unspecified atom stereocenters. The largest absolute Gasteiger partial charge is 0.481 e. The Morgan fingerprint density at radius 3 is 2.94 bits per heavy atom. The summed E-state index contributed by atoms with van der Waals surface area (Å²) in [4.78, 5) is 24.8. The van der Waals surface area contributed by atoms with Crippen LogP contribution in [0.25, 0.3) is 0 Å². The molecule has 0 bridgehead atoms. The molecule has 2 saturated heterocycles. The van der Waals surface area contributed by atoms with Crippen molar-refractivity contribution in [2.45, 2.75) is 57.0 Å². The highest BCUT2D eigenvalue weighted by atomic mass is 16.4. The molecule has 2 aliphatic rings. The standard InChI is InChI=1S/C13H22N2O3/c16-12-8-10(5-3-6-14-12)15-7-2-1-4-11(15)9-13(17)18/h10-11H,1-9H2,(H,14,16)(H,17,18). The second-order valence-corrected chi connectivity index (χ2v) is 5.34. The van der Waals surface area contributed by atoms with Gasteiger partial charge in [0.15, 0.2) is 0 Å². The van der Waals surface area contributed by atoms with Crippen LogP contribution < -0.4 is 5.32 Å². The molecule has 2 heterocycles. The third kappa shape index (κ3) is 3.45. The normalized spacial score (nSPS) is 30.6. The van der Waals surface area contributed by atoms with Crippen molar-refractivity contribution in [2.24, 2.45) is 0 Å². The van der Waals surface area contributed by atoms with E-state index in [9.17, 15) is 9.59 Å². The first-order chi connectivity index (χ1) is 8.66. The highest BCUT2D eigenvalue weighted by Crippen LogP contribution is 2.26. The molecule has 0 aromatic carbocycles. The van der Waals surface area contributed by atoms with Crippen molar-refractivity contribution < 1.29 is 14.7 Å². The fraction of sp³-hybridized carbons (Fsp3) is 0.846. The summed E-state index contributed by atoms with van der Waals surface area (Å²) in [5.74, 6) is -0.623. The maximum absolute atomic E-state index is 11.6. The number of carbonyl (C=O) groups is 2. The number of likely N-dealkylation sites (tertiary alicyclic amines) is 1. The predicted molar refractivity (Wildman–Crippen MR) is 67.2 cm³/mol. The summed E-state index contributed by atoms with van der Waals surface area (Å²) in [5, 5.41) is 11.9. The maximum atomic E-state index is 11.6. The van der Waals surface area contributed by atoms with Gasteiger partial charge in [0.25, 0.3) is 0 Å². The number of nitrogens with one attached hydrogen (secondary N) is 1. The van der Waals surface area contributed by atoms with Gasteiger partial charge >= 0.3 is 5.97 Å². The molecule has 0 spiro atoms. The summed E-state index contributed by atoms with van der Waals surface area (Å²) in [6.07, 6.45) is 5.89. The van der Waals surface area contributed by atoms with E-state index in [0.29, 0.717) is 6.42 Å². The summed E-state index contributed by atoms with van der Waals surface area (Å²) in [7, 11) is 0. The lowest BCUT2D eigenvalue weighted by Gasteiger charge is -2.40. The fourth-order valence-corrected chi connectivity index (χ4v) is 3.16. The summed E-state index contributed by atoms with van der Waals surface area (Å²) in [6.45, 7) is 1.70. The van der Waals surface area contributed by atoms with Crippen LogP contribution in [0.1, 0.15) is 44.9 Å². The van der Waals surface area contributed by atoms with Crippen LogP contribution >= 0.6 is 0 Å². The van der Waals surface area contributed by atoms with Crippen LogP contribution in [0.2, 0.25) is 0 Å². The molecule has 2 rings (SSSR count). The molecule has 2 atom stereocenters.